The zero-order valence-corrected chi connectivity index (χ0v) is 12.4. The fourth-order valence-electron chi connectivity index (χ4n) is 3.49. The van der Waals surface area contributed by atoms with Crippen molar-refractivity contribution < 1.29 is 4.74 Å². The van der Waals surface area contributed by atoms with Crippen LogP contribution in [0.5, 0.6) is 0 Å². The number of hydrogen-bond acceptors (Lipinski definition) is 3. The SMILES string of the molecule is CCOC1CC(n2cncc2-c2cccc3c2NCC3)C1. The molecule has 1 N–H and O–H groups in total. The second-order valence-corrected chi connectivity index (χ2v) is 5.91. The van der Waals surface area contributed by atoms with Crippen molar-refractivity contribution in [3.8, 4) is 11.3 Å². The number of para-hydroxylation sites is 1. The Labute approximate surface area is 125 Å². The van der Waals surface area contributed by atoms with Crippen LogP contribution in [0.25, 0.3) is 11.3 Å². The van der Waals surface area contributed by atoms with E-state index in [0.717, 1.165) is 32.4 Å². The maximum atomic E-state index is 5.68. The highest BCUT2D eigenvalue weighted by Crippen LogP contribution is 2.40. The number of nitrogens with zero attached hydrogens (tertiary/aromatic N) is 2. The molecule has 1 aliphatic heterocycles. The molecular formula is C17H21N3O. The van der Waals surface area contributed by atoms with Crippen LogP contribution in [-0.4, -0.2) is 28.8 Å². The second kappa shape index (κ2) is 5.19. The van der Waals surface area contributed by atoms with Crippen molar-refractivity contribution in [2.75, 3.05) is 18.5 Å². The predicted molar refractivity (Wildman–Crippen MR) is 83.5 cm³/mol. The van der Waals surface area contributed by atoms with Gasteiger partial charge in [-0.05, 0) is 31.7 Å². The summed E-state index contributed by atoms with van der Waals surface area (Å²) in [5.74, 6) is 0. The minimum Gasteiger partial charge on any atom is -0.384 e. The number of rotatable bonds is 4. The van der Waals surface area contributed by atoms with E-state index in [1.165, 1.54) is 22.5 Å². The third kappa shape index (κ3) is 2.14. The predicted octanol–water partition coefficient (Wildman–Crippen LogP) is 3.26. The summed E-state index contributed by atoms with van der Waals surface area (Å²) in [5.41, 5.74) is 5.21. The first kappa shape index (κ1) is 12.9. The van der Waals surface area contributed by atoms with Crippen molar-refractivity contribution in [3.05, 3.63) is 36.3 Å². The Morgan fingerprint density at radius 3 is 3.14 bits per heavy atom. The van der Waals surface area contributed by atoms with Crippen LogP contribution in [0.2, 0.25) is 0 Å². The Morgan fingerprint density at radius 1 is 1.38 bits per heavy atom. The van der Waals surface area contributed by atoms with Gasteiger partial charge >= 0.3 is 0 Å². The molecule has 2 heterocycles. The number of anilines is 1. The topological polar surface area (TPSA) is 39.1 Å². The molecule has 4 nitrogen and oxygen atoms in total. The lowest BCUT2D eigenvalue weighted by Crippen LogP contribution is -2.33. The second-order valence-electron chi connectivity index (χ2n) is 5.91. The normalized spacial score (nSPS) is 23.5. The largest absolute Gasteiger partial charge is 0.384 e. The molecular weight excluding hydrogens is 262 g/mol. The van der Waals surface area contributed by atoms with Crippen LogP contribution >= 0.6 is 0 Å². The fraction of sp³-hybridized carbons (Fsp3) is 0.471. The highest BCUT2D eigenvalue weighted by molar-refractivity contribution is 5.79. The van der Waals surface area contributed by atoms with Gasteiger partial charge in [0.1, 0.15) is 0 Å². The third-order valence-electron chi connectivity index (χ3n) is 4.65. The van der Waals surface area contributed by atoms with Crippen molar-refractivity contribution in [2.24, 2.45) is 0 Å². The Morgan fingerprint density at radius 2 is 2.29 bits per heavy atom. The number of benzene rings is 1. The monoisotopic (exact) mass is 283 g/mol. The van der Waals surface area contributed by atoms with E-state index >= 15 is 0 Å². The van der Waals surface area contributed by atoms with Crippen LogP contribution in [-0.2, 0) is 11.2 Å². The maximum Gasteiger partial charge on any atom is 0.0953 e. The zero-order valence-electron chi connectivity index (χ0n) is 12.4. The van der Waals surface area contributed by atoms with E-state index in [0.29, 0.717) is 12.1 Å². The molecule has 0 spiro atoms. The molecule has 1 aromatic heterocycles. The molecule has 21 heavy (non-hydrogen) atoms. The van der Waals surface area contributed by atoms with E-state index in [1.807, 2.05) is 12.5 Å². The average Bonchev–Trinajstić information content (AvgIpc) is 3.10. The Hall–Kier alpha value is -1.81. The van der Waals surface area contributed by atoms with Gasteiger partial charge in [-0.1, -0.05) is 18.2 Å². The smallest absolute Gasteiger partial charge is 0.0953 e. The van der Waals surface area contributed by atoms with Gasteiger partial charge in [-0.15, -0.1) is 0 Å². The molecule has 0 unspecified atom stereocenters. The third-order valence-corrected chi connectivity index (χ3v) is 4.65. The van der Waals surface area contributed by atoms with E-state index in [2.05, 4.69) is 40.0 Å². The molecule has 0 saturated heterocycles. The summed E-state index contributed by atoms with van der Waals surface area (Å²) in [4.78, 5) is 4.39. The molecule has 0 atom stereocenters. The summed E-state index contributed by atoms with van der Waals surface area (Å²) in [6, 6.07) is 7.09. The quantitative estimate of drug-likeness (QED) is 0.936. The van der Waals surface area contributed by atoms with Gasteiger partial charge in [0.2, 0.25) is 0 Å². The van der Waals surface area contributed by atoms with E-state index in [-0.39, 0.29) is 0 Å². The lowest BCUT2D eigenvalue weighted by Gasteiger charge is -2.36. The van der Waals surface area contributed by atoms with Crippen LogP contribution < -0.4 is 5.32 Å². The first-order valence-electron chi connectivity index (χ1n) is 7.86. The molecule has 0 bridgehead atoms. The van der Waals surface area contributed by atoms with Crippen molar-refractivity contribution in [1.29, 1.82) is 0 Å². The number of imidazole rings is 1. The van der Waals surface area contributed by atoms with Crippen molar-refractivity contribution in [1.82, 2.24) is 9.55 Å². The van der Waals surface area contributed by atoms with Crippen molar-refractivity contribution >= 4 is 5.69 Å². The molecule has 1 fully saturated rings. The molecule has 1 aromatic carbocycles. The van der Waals surface area contributed by atoms with Gasteiger partial charge in [0.25, 0.3) is 0 Å². The molecule has 4 rings (SSSR count). The van der Waals surface area contributed by atoms with Crippen LogP contribution in [0.4, 0.5) is 5.69 Å². The van der Waals surface area contributed by atoms with E-state index < -0.39 is 0 Å². The summed E-state index contributed by atoms with van der Waals surface area (Å²) in [6.07, 6.45) is 7.70. The standard InChI is InChI=1S/C17H21N3O/c1-2-21-14-8-13(9-14)20-11-18-10-16(20)15-5-3-4-12-6-7-19-17(12)15/h3-5,10-11,13-14,19H,2,6-9H2,1H3. The first-order valence-corrected chi connectivity index (χ1v) is 7.86. The number of hydrogen-bond donors (Lipinski definition) is 1. The summed E-state index contributed by atoms with van der Waals surface area (Å²) in [7, 11) is 0. The molecule has 4 heteroatoms. The molecule has 0 radical (unpaired) electrons. The van der Waals surface area contributed by atoms with Crippen molar-refractivity contribution in [2.45, 2.75) is 38.3 Å². The molecule has 1 saturated carbocycles. The average molecular weight is 283 g/mol. The van der Waals surface area contributed by atoms with Crippen LogP contribution in [0, 0.1) is 0 Å². The number of aromatic nitrogens is 2. The Kier molecular flexibility index (Phi) is 3.19. The van der Waals surface area contributed by atoms with E-state index in [1.54, 1.807) is 0 Å². The van der Waals surface area contributed by atoms with Crippen molar-refractivity contribution in [3.63, 3.8) is 0 Å². The van der Waals surface area contributed by atoms with Gasteiger partial charge in [-0.3, -0.25) is 0 Å². The minimum absolute atomic E-state index is 0.426. The zero-order chi connectivity index (χ0) is 14.2. The van der Waals surface area contributed by atoms with Crippen LogP contribution in [0.3, 0.4) is 0 Å². The van der Waals surface area contributed by atoms with Crippen LogP contribution in [0.1, 0.15) is 31.4 Å². The van der Waals surface area contributed by atoms with Gasteiger partial charge in [0.05, 0.1) is 24.3 Å². The van der Waals surface area contributed by atoms with E-state index in [4.69, 9.17) is 4.74 Å². The van der Waals surface area contributed by atoms with Gasteiger partial charge in [0.15, 0.2) is 0 Å². The lowest BCUT2D eigenvalue weighted by molar-refractivity contribution is -0.0193. The maximum absolute atomic E-state index is 5.68. The number of nitrogens with one attached hydrogen (secondary N) is 1. The fourth-order valence-corrected chi connectivity index (χ4v) is 3.49. The Bertz CT molecular complexity index is 643. The molecule has 1 aliphatic carbocycles. The molecule has 0 amide bonds. The summed E-state index contributed by atoms with van der Waals surface area (Å²) >= 11 is 0. The summed E-state index contributed by atoms with van der Waals surface area (Å²) < 4.78 is 8.00. The number of ether oxygens (including phenoxy) is 1. The number of fused-ring (bicyclic) bond motifs is 1. The summed E-state index contributed by atoms with van der Waals surface area (Å²) in [5, 5.41) is 3.52. The highest BCUT2D eigenvalue weighted by Gasteiger charge is 2.32. The first-order chi connectivity index (χ1) is 10.4. The minimum atomic E-state index is 0.426. The van der Waals surface area contributed by atoms with Gasteiger partial charge in [-0.2, -0.15) is 0 Å². The molecule has 110 valence electrons. The molecule has 2 aliphatic rings. The van der Waals surface area contributed by atoms with Crippen LogP contribution in [0.15, 0.2) is 30.7 Å². The van der Waals surface area contributed by atoms with Gasteiger partial charge < -0.3 is 14.6 Å². The summed E-state index contributed by atoms with van der Waals surface area (Å²) in [6.45, 7) is 3.91. The van der Waals surface area contributed by atoms with Gasteiger partial charge in [0, 0.05) is 30.4 Å². The van der Waals surface area contributed by atoms with Gasteiger partial charge in [-0.25, -0.2) is 4.98 Å². The highest BCUT2D eigenvalue weighted by atomic mass is 16.5. The van der Waals surface area contributed by atoms with E-state index in [9.17, 15) is 0 Å². The Balaban J connectivity index is 1.63. The lowest BCUT2D eigenvalue weighted by atomic mass is 9.88. The molecule has 2 aromatic rings.